The first-order valence-electron chi connectivity index (χ1n) is 11.3. The molecular formula is C28H25NO7S. The van der Waals surface area contributed by atoms with Crippen molar-refractivity contribution in [3.05, 3.63) is 102 Å². The molecule has 0 N–H and O–H groups in total. The molecule has 4 rings (SSSR count). The van der Waals surface area contributed by atoms with E-state index in [1.54, 1.807) is 30.1 Å². The van der Waals surface area contributed by atoms with Crippen LogP contribution >= 0.6 is 0 Å². The van der Waals surface area contributed by atoms with Gasteiger partial charge in [-0.05, 0) is 48.0 Å². The fraction of sp³-hybridized carbons (Fsp3) is 0.143. The van der Waals surface area contributed by atoms with E-state index < -0.39 is 26.7 Å². The zero-order chi connectivity index (χ0) is 26.6. The zero-order valence-electron chi connectivity index (χ0n) is 20.3. The molecular weight excluding hydrogens is 494 g/mol. The van der Waals surface area contributed by atoms with E-state index in [4.69, 9.17) is 14.2 Å². The lowest BCUT2D eigenvalue weighted by Crippen LogP contribution is -2.20. The van der Waals surface area contributed by atoms with Crippen LogP contribution in [0, 0.1) is 0 Å². The Hall–Kier alpha value is -4.37. The first-order valence-corrected chi connectivity index (χ1v) is 12.8. The van der Waals surface area contributed by atoms with Crippen LogP contribution < -0.4 is 9.64 Å². The number of benzene rings is 3. The van der Waals surface area contributed by atoms with Crippen molar-refractivity contribution in [2.24, 2.45) is 0 Å². The zero-order valence-corrected chi connectivity index (χ0v) is 21.2. The predicted octanol–water partition coefficient (Wildman–Crippen LogP) is 4.53. The van der Waals surface area contributed by atoms with Gasteiger partial charge >= 0.3 is 11.9 Å². The maximum absolute atomic E-state index is 13.3. The molecule has 3 aromatic rings. The lowest BCUT2D eigenvalue weighted by Gasteiger charge is -2.12. The van der Waals surface area contributed by atoms with Crippen LogP contribution in [-0.4, -0.2) is 40.6 Å². The van der Waals surface area contributed by atoms with Gasteiger partial charge in [-0.25, -0.2) is 18.0 Å². The molecule has 0 atom stereocenters. The number of ether oxygens (including phenoxy) is 3. The van der Waals surface area contributed by atoms with Crippen molar-refractivity contribution >= 4 is 38.2 Å². The van der Waals surface area contributed by atoms with Gasteiger partial charge in [-0.15, -0.1) is 0 Å². The van der Waals surface area contributed by atoms with Crippen molar-refractivity contribution < 1.29 is 32.2 Å². The molecule has 0 saturated carbocycles. The molecule has 3 aromatic carbocycles. The maximum atomic E-state index is 13.3. The first kappa shape index (κ1) is 25.7. The van der Waals surface area contributed by atoms with Crippen LogP contribution in [-0.2, 0) is 28.9 Å². The van der Waals surface area contributed by atoms with Crippen molar-refractivity contribution in [3.63, 3.8) is 0 Å². The number of allylic oxidation sites excluding steroid dienone is 2. The number of anilines is 1. The van der Waals surface area contributed by atoms with Gasteiger partial charge in [0.1, 0.15) is 13.2 Å². The van der Waals surface area contributed by atoms with Gasteiger partial charge in [0.15, 0.2) is 16.5 Å². The number of fused-ring (bicyclic) bond motifs is 2. The third kappa shape index (κ3) is 5.57. The normalized spacial score (nSPS) is 14.3. The molecule has 37 heavy (non-hydrogen) atoms. The summed E-state index contributed by atoms with van der Waals surface area (Å²) in [5.41, 5.74) is 0.993. The second-order valence-corrected chi connectivity index (χ2v) is 10.2. The summed E-state index contributed by atoms with van der Waals surface area (Å²) in [5.74, 6) is -0.789. The van der Waals surface area contributed by atoms with Crippen molar-refractivity contribution in [3.8, 4) is 5.75 Å². The fourth-order valence-corrected chi connectivity index (χ4v) is 4.90. The van der Waals surface area contributed by atoms with Gasteiger partial charge in [-0.1, -0.05) is 49.0 Å². The highest BCUT2D eigenvalue weighted by atomic mass is 32.2. The molecule has 0 unspecified atom stereocenters. The van der Waals surface area contributed by atoms with E-state index in [-0.39, 0.29) is 23.7 Å². The van der Waals surface area contributed by atoms with Crippen molar-refractivity contribution in [1.82, 2.24) is 0 Å². The molecule has 0 radical (unpaired) electrons. The Balaban J connectivity index is 1.62. The molecule has 0 saturated heterocycles. The Morgan fingerprint density at radius 2 is 1.54 bits per heavy atom. The second-order valence-electron chi connectivity index (χ2n) is 8.23. The van der Waals surface area contributed by atoms with E-state index in [1.807, 2.05) is 36.4 Å². The third-order valence-electron chi connectivity index (χ3n) is 5.55. The average molecular weight is 520 g/mol. The SMILES string of the molecule is C=C(C)C(=O)OCCOC(=O)/C(=C/C=C1\Oc2cc3ccccc3cc2N1C)S(=O)(=O)c1ccccc1. The van der Waals surface area contributed by atoms with Gasteiger partial charge in [0, 0.05) is 18.7 Å². The minimum absolute atomic E-state index is 0.0689. The fourth-order valence-electron chi connectivity index (χ4n) is 3.60. The number of esters is 2. The van der Waals surface area contributed by atoms with Gasteiger partial charge < -0.3 is 19.1 Å². The second kappa shape index (κ2) is 10.7. The van der Waals surface area contributed by atoms with Crippen molar-refractivity contribution in [2.75, 3.05) is 25.2 Å². The van der Waals surface area contributed by atoms with E-state index in [1.165, 1.54) is 25.1 Å². The summed E-state index contributed by atoms with van der Waals surface area (Å²) >= 11 is 0. The van der Waals surface area contributed by atoms with Crippen LogP contribution in [0.2, 0.25) is 0 Å². The maximum Gasteiger partial charge on any atom is 0.350 e. The van der Waals surface area contributed by atoms with Crippen LogP contribution in [0.5, 0.6) is 5.75 Å². The highest BCUT2D eigenvalue weighted by Gasteiger charge is 2.29. The lowest BCUT2D eigenvalue weighted by molar-refractivity contribution is -0.146. The Kier molecular flexibility index (Phi) is 7.45. The third-order valence-corrected chi connectivity index (χ3v) is 7.33. The summed E-state index contributed by atoms with van der Waals surface area (Å²) in [4.78, 5) is 25.5. The van der Waals surface area contributed by atoms with Crippen LogP contribution in [0.3, 0.4) is 0 Å². The summed E-state index contributed by atoms with van der Waals surface area (Å²) in [5, 5.41) is 2.02. The highest BCUT2D eigenvalue weighted by Crippen LogP contribution is 2.40. The molecule has 0 bridgehead atoms. The molecule has 0 aromatic heterocycles. The summed E-state index contributed by atoms with van der Waals surface area (Å²) in [6.07, 6.45) is 2.56. The summed E-state index contributed by atoms with van der Waals surface area (Å²) in [6.45, 7) is 4.38. The van der Waals surface area contributed by atoms with Crippen LogP contribution in [0.4, 0.5) is 5.69 Å². The van der Waals surface area contributed by atoms with Gasteiger partial charge in [0.25, 0.3) is 0 Å². The number of rotatable bonds is 8. The molecule has 0 fully saturated rings. The number of sulfone groups is 1. The first-order chi connectivity index (χ1) is 17.7. The van der Waals surface area contributed by atoms with Gasteiger partial charge in [0.05, 0.1) is 10.6 Å². The number of nitrogens with zero attached hydrogens (tertiary/aromatic N) is 1. The van der Waals surface area contributed by atoms with E-state index in [0.717, 1.165) is 22.5 Å². The van der Waals surface area contributed by atoms with Crippen LogP contribution in [0.1, 0.15) is 6.92 Å². The van der Waals surface area contributed by atoms with E-state index in [2.05, 4.69) is 6.58 Å². The number of hydrogen-bond donors (Lipinski definition) is 0. The molecule has 0 spiro atoms. The minimum Gasteiger partial charge on any atom is -0.459 e. The molecule has 190 valence electrons. The minimum atomic E-state index is -4.23. The molecule has 9 heteroatoms. The number of hydrogen-bond acceptors (Lipinski definition) is 8. The van der Waals surface area contributed by atoms with Gasteiger partial charge in [-0.3, -0.25) is 0 Å². The summed E-state index contributed by atoms with van der Waals surface area (Å²) < 4.78 is 42.6. The lowest BCUT2D eigenvalue weighted by atomic mass is 10.1. The molecule has 8 nitrogen and oxygen atoms in total. The summed E-state index contributed by atoms with van der Waals surface area (Å²) in [7, 11) is -2.45. The smallest absolute Gasteiger partial charge is 0.350 e. The van der Waals surface area contributed by atoms with Gasteiger partial charge in [-0.2, -0.15) is 0 Å². The largest absolute Gasteiger partial charge is 0.459 e. The van der Waals surface area contributed by atoms with E-state index >= 15 is 0 Å². The van der Waals surface area contributed by atoms with Crippen LogP contribution in [0.25, 0.3) is 10.8 Å². The van der Waals surface area contributed by atoms with Crippen LogP contribution in [0.15, 0.2) is 107 Å². The molecule has 1 aliphatic heterocycles. The Morgan fingerprint density at radius 1 is 0.946 bits per heavy atom. The number of carbonyl (C=O) groups is 2. The molecule has 0 amide bonds. The number of carbonyl (C=O) groups excluding carboxylic acids is 2. The molecule has 0 aliphatic carbocycles. The summed E-state index contributed by atoms with van der Waals surface area (Å²) in [6, 6.07) is 19.2. The highest BCUT2D eigenvalue weighted by molar-refractivity contribution is 7.96. The predicted molar refractivity (Wildman–Crippen MR) is 140 cm³/mol. The quantitative estimate of drug-likeness (QED) is 0.243. The monoisotopic (exact) mass is 519 g/mol. The Morgan fingerprint density at radius 3 is 2.19 bits per heavy atom. The Bertz CT molecular complexity index is 1540. The van der Waals surface area contributed by atoms with Crippen molar-refractivity contribution in [2.45, 2.75) is 11.8 Å². The van der Waals surface area contributed by atoms with Gasteiger partial charge in [0.2, 0.25) is 9.84 Å². The topological polar surface area (TPSA) is 99.2 Å². The molecule has 1 heterocycles. The average Bonchev–Trinajstić information content (AvgIpc) is 3.19. The van der Waals surface area contributed by atoms with E-state index in [9.17, 15) is 18.0 Å². The van der Waals surface area contributed by atoms with E-state index in [0.29, 0.717) is 11.6 Å². The van der Waals surface area contributed by atoms with Crippen molar-refractivity contribution in [1.29, 1.82) is 0 Å². The molecule has 1 aliphatic rings. The Labute approximate surface area is 215 Å². The standard InChI is InChI=1S/C28H25NO7S/c1-19(2)27(30)34-15-16-35-28(31)25(37(32,33)22-11-5-4-6-12-22)13-14-26-29(3)23-17-20-9-7-8-10-21(20)18-24(23)36-26/h4-14,17-18H,1,15-16H2,2-3H3/b25-13-,26-14-.